The number of terminal acetylenes is 1. The largest absolute Gasteiger partial charge is 0.264 e. The molecule has 0 amide bonds. The highest BCUT2D eigenvalue weighted by Crippen LogP contribution is 1.80. The van der Waals surface area contributed by atoms with Crippen LogP contribution in [0.2, 0.25) is 0 Å². The van der Waals surface area contributed by atoms with Crippen molar-refractivity contribution in [3.8, 4) is 12.3 Å². The van der Waals surface area contributed by atoms with Crippen LogP contribution >= 0.6 is 0 Å². The Morgan fingerprint density at radius 3 is 2.89 bits per heavy atom. The molecule has 0 saturated carbocycles. The van der Waals surface area contributed by atoms with Crippen LogP contribution in [-0.4, -0.2) is 6.21 Å². The summed E-state index contributed by atoms with van der Waals surface area (Å²) in [6.45, 7) is 5.41. The van der Waals surface area contributed by atoms with E-state index in [1.54, 1.807) is 12.4 Å². The summed E-state index contributed by atoms with van der Waals surface area (Å²) in [5.74, 6) is 2.35. The van der Waals surface area contributed by atoms with Gasteiger partial charge in [0.05, 0.1) is 0 Å². The van der Waals surface area contributed by atoms with Gasteiger partial charge in [-0.15, -0.1) is 6.42 Å². The molecule has 0 heterocycles. The second kappa shape index (κ2) is 4.86. The van der Waals surface area contributed by atoms with Gasteiger partial charge in [-0.2, -0.15) is 0 Å². The molecule has 46 valence electrons. The second-order valence-electron chi connectivity index (χ2n) is 1.43. The minimum absolute atomic E-state index is 0.591. The van der Waals surface area contributed by atoms with E-state index in [1.165, 1.54) is 0 Å². The van der Waals surface area contributed by atoms with Crippen LogP contribution in [0.25, 0.3) is 0 Å². The van der Waals surface area contributed by atoms with Crippen LogP contribution < -0.4 is 0 Å². The van der Waals surface area contributed by atoms with E-state index < -0.39 is 0 Å². The number of hydrogen-bond acceptors (Lipinski definition) is 1. The summed E-state index contributed by atoms with van der Waals surface area (Å²) in [7, 11) is 0. The van der Waals surface area contributed by atoms with Crippen molar-refractivity contribution in [1.29, 1.82) is 0 Å². The van der Waals surface area contributed by atoms with Gasteiger partial charge in [0.15, 0.2) is 0 Å². The summed E-state index contributed by atoms with van der Waals surface area (Å²) in [5, 5.41) is 0. The molecular formula is C8H9N. The lowest BCUT2D eigenvalue weighted by atomic mass is 10.4. The molecule has 0 aromatic carbocycles. The molecule has 9 heavy (non-hydrogen) atoms. The first-order chi connectivity index (χ1) is 4.31. The van der Waals surface area contributed by atoms with E-state index in [1.807, 2.05) is 13.0 Å². The number of nitrogens with zero attached hydrogens (tertiary/aromatic N) is 1. The van der Waals surface area contributed by atoms with E-state index >= 15 is 0 Å². The zero-order valence-corrected chi connectivity index (χ0v) is 5.46. The summed E-state index contributed by atoms with van der Waals surface area (Å²) >= 11 is 0. The summed E-state index contributed by atoms with van der Waals surface area (Å²) in [6.07, 6.45) is 10.0. The SMILES string of the molecule is C#CC(=C)C=N/C=C\C. The van der Waals surface area contributed by atoms with Crippen LogP contribution in [0.15, 0.2) is 29.4 Å². The summed E-state index contributed by atoms with van der Waals surface area (Å²) in [5.41, 5.74) is 0.591. The molecular weight excluding hydrogens is 110 g/mol. The van der Waals surface area contributed by atoms with Crippen molar-refractivity contribution in [2.24, 2.45) is 4.99 Å². The molecule has 0 aliphatic carbocycles. The lowest BCUT2D eigenvalue weighted by Gasteiger charge is -1.78. The fourth-order valence-electron chi connectivity index (χ4n) is 0.256. The van der Waals surface area contributed by atoms with E-state index in [-0.39, 0.29) is 0 Å². The normalized spacial score (nSPS) is 10.2. The third kappa shape index (κ3) is 4.57. The molecule has 0 radical (unpaired) electrons. The van der Waals surface area contributed by atoms with Crippen molar-refractivity contribution < 1.29 is 0 Å². The number of hydrogen-bond donors (Lipinski definition) is 0. The van der Waals surface area contributed by atoms with Gasteiger partial charge < -0.3 is 0 Å². The Bertz CT molecular complexity index is 179. The monoisotopic (exact) mass is 119 g/mol. The predicted molar refractivity (Wildman–Crippen MR) is 41.3 cm³/mol. The third-order valence-electron chi connectivity index (χ3n) is 0.651. The van der Waals surface area contributed by atoms with Crippen LogP contribution in [0.5, 0.6) is 0 Å². The fourth-order valence-corrected chi connectivity index (χ4v) is 0.256. The van der Waals surface area contributed by atoms with Crippen LogP contribution in [0, 0.1) is 12.3 Å². The highest BCUT2D eigenvalue weighted by molar-refractivity contribution is 5.83. The van der Waals surface area contributed by atoms with Crippen molar-refractivity contribution in [1.82, 2.24) is 0 Å². The molecule has 0 N–H and O–H groups in total. The van der Waals surface area contributed by atoms with E-state index in [4.69, 9.17) is 6.42 Å². The molecule has 0 fully saturated rings. The van der Waals surface area contributed by atoms with Crippen molar-refractivity contribution in [2.75, 3.05) is 0 Å². The molecule has 0 aromatic rings. The second-order valence-corrected chi connectivity index (χ2v) is 1.43. The molecule has 0 aliphatic rings. The Balaban J connectivity index is 3.75. The predicted octanol–water partition coefficient (Wildman–Crippen LogP) is 1.78. The smallest absolute Gasteiger partial charge is 0.0418 e. The Labute approximate surface area is 55.8 Å². The van der Waals surface area contributed by atoms with Crippen molar-refractivity contribution >= 4 is 6.21 Å². The van der Waals surface area contributed by atoms with Crippen molar-refractivity contribution in [3.05, 3.63) is 24.4 Å². The van der Waals surface area contributed by atoms with Crippen LogP contribution in [0.4, 0.5) is 0 Å². The first kappa shape index (κ1) is 7.71. The maximum Gasteiger partial charge on any atom is 0.0418 e. The zero-order valence-electron chi connectivity index (χ0n) is 5.46. The number of allylic oxidation sites excluding steroid dienone is 2. The van der Waals surface area contributed by atoms with Gasteiger partial charge in [0.25, 0.3) is 0 Å². The molecule has 0 aliphatic heterocycles. The first-order valence-electron chi connectivity index (χ1n) is 2.61. The third-order valence-corrected chi connectivity index (χ3v) is 0.651. The Morgan fingerprint density at radius 1 is 1.78 bits per heavy atom. The van der Waals surface area contributed by atoms with E-state index in [2.05, 4.69) is 17.5 Å². The Hall–Kier alpha value is -1.29. The van der Waals surface area contributed by atoms with Crippen molar-refractivity contribution in [3.63, 3.8) is 0 Å². The highest BCUT2D eigenvalue weighted by Gasteiger charge is 1.73. The molecule has 0 aromatic heterocycles. The molecule has 0 atom stereocenters. The van der Waals surface area contributed by atoms with E-state index in [0.717, 1.165) is 0 Å². The minimum Gasteiger partial charge on any atom is -0.264 e. The molecule has 0 spiro atoms. The summed E-state index contributed by atoms with van der Waals surface area (Å²) in [4.78, 5) is 3.81. The average molecular weight is 119 g/mol. The number of rotatable bonds is 2. The molecule has 0 rings (SSSR count). The molecule has 1 nitrogen and oxygen atoms in total. The van der Waals surface area contributed by atoms with Gasteiger partial charge in [0, 0.05) is 18.0 Å². The van der Waals surface area contributed by atoms with Gasteiger partial charge in [-0.25, -0.2) is 0 Å². The van der Waals surface area contributed by atoms with Gasteiger partial charge >= 0.3 is 0 Å². The van der Waals surface area contributed by atoms with E-state index in [9.17, 15) is 0 Å². The van der Waals surface area contributed by atoms with Gasteiger partial charge in [-0.3, -0.25) is 4.99 Å². The minimum atomic E-state index is 0.591. The zero-order chi connectivity index (χ0) is 7.11. The quantitative estimate of drug-likeness (QED) is 0.388. The first-order valence-corrected chi connectivity index (χ1v) is 2.61. The highest BCUT2D eigenvalue weighted by atomic mass is 14.7. The topological polar surface area (TPSA) is 12.4 Å². The molecule has 0 saturated heterocycles. The summed E-state index contributed by atoms with van der Waals surface area (Å²) < 4.78 is 0. The Morgan fingerprint density at radius 2 is 2.44 bits per heavy atom. The van der Waals surface area contributed by atoms with Crippen molar-refractivity contribution in [2.45, 2.75) is 6.92 Å². The van der Waals surface area contributed by atoms with Crippen LogP contribution in [-0.2, 0) is 0 Å². The maximum absolute atomic E-state index is 4.99. The molecule has 0 bridgehead atoms. The van der Waals surface area contributed by atoms with Gasteiger partial charge in [0.1, 0.15) is 0 Å². The fraction of sp³-hybridized carbons (Fsp3) is 0.125. The Kier molecular flexibility index (Phi) is 4.16. The van der Waals surface area contributed by atoms with Gasteiger partial charge in [-0.1, -0.05) is 18.6 Å². The van der Waals surface area contributed by atoms with Crippen LogP contribution in [0.1, 0.15) is 6.92 Å². The number of aliphatic imine (C=N–C) groups is 1. The van der Waals surface area contributed by atoms with E-state index in [0.29, 0.717) is 5.57 Å². The standard InChI is InChI=1S/C8H9N/c1-4-6-9-7-8(3)5-2/h2,4,6-7H,3H2,1H3/b6-4-,9-7?. The molecule has 0 unspecified atom stereocenters. The van der Waals surface area contributed by atoms with Gasteiger partial charge in [0.2, 0.25) is 0 Å². The lowest BCUT2D eigenvalue weighted by Crippen LogP contribution is -1.72. The molecule has 1 heteroatoms. The summed E-state index contributed by atoms with van der Waals surface area (Å²) in [6, 6.07) is 0. The average Bonchev–Trinajstić information content (AvgIpc) is 1.89. The maximum atomic E-state index is 4.99. The lowest BCUT2D eigenvalue weighted by molar-refractivity contribution is 1.54. The van der Waals surface area contributed by atoms with Crippen LogP contribution in [0.3, 0.4) is 0 Å². The van der Waals surface area contributed by atoms with Gasteiger partial charge in [-0.05, 0) is 6.92 Å².